The quantitative estimate of drug-likeness (QED) is 0.454. The lowest BCUT2D eigenvalue weighted by Crippen LogP contribution is -2.18. The monoisotopic (exact) mass is 224 g/mol. The molecule has 4 N–H and O–H groups in total. The Morgan fingerprint density at radius 2 is 1.93 bits per heavy atom. The van der Waals surface area contributed by atoms with Crippen LogP contribution >= 0.6 is 7.75 Å². The SMILES string of the molecule is O=P(O)(O)NNc1ccc(F)cc1F. The lowest BCUT2D eigenvalue weighted by Gasteiger charge is -2.09. The van der Waals surface area contributed by atoms with Gasteiger partial charge in [0.05, 0.1) is 5.69 Å². The number of hydrogen-bond acceptors (Lipinski definition) is 2. The second-order valence-corrected chi connectivity index (χ2v) is 3.72. The van der Waals surface area contributed by atoms with Gasteiger partial charge in [0, 0.05) is 6.07 Å². The molecular formula is C6H7F2N2O3P. The first-order valence-electron chi connectivity index (χ1n) is 3.42. The molecular weight excluding hydrogens is 217 g/mol. The van der Waals surface area contributed by atoms with Crippen LogP contribution in [0.25, 0.3) is 0 Å². The van der Waals surface area contributed by atoms with E-state index in [4.69, 9.17) is 9.79 Å². The molecule has 0 atom stereocenters. The molecule has 0 spiro atoms. The highest BCUT2D eigenvalue weighted by Crippen LogP contribution is 2.28. The van der Waals surface area contributed by atoms with Gasteiger partial charge in [0.15, 0.2) is 5.82 Å². The summed E-state index contributed by atoms with van der Waals surface area (Å²) >= 11 is 0. The average molecular weight is 224 g/mol. The molecule has 1 aromatic carbocycles. The van der Waals surface area contributed by atoms with E-state index >= 15 is 0 Å². The lowest BCUT2D eigenvalue weighted by molar-refractivity contribution is 0.362. The topological polar surface area (TPSA) is 81.6 Å². The Labute approximate surface area is 77.9 Å². The number of halogens is 2. The molecule has 0 saturated heterocycles. The Morgan fingerprint density at radius 3 is 2.43 bits per heavy atom. The first kappa shape index (κ1) is 11.1. The maximum Gasteiger partial charge on any atom is 0.417 e. The van der Waals surface area contributed by atoms with Gasteiger partial charge in [-0.05, 0) is 12.1 Å². The Morgan fingerprint density at radius 1 is 1.29 bits per heavy atom. The summed E-state index contributed by atoms with van der Waals surface area (Å²) in [5.74, 6) is -1.73. The number of benzene rings is 1. The number of hydrazine groups is 1. The molecule has 0 fully saturated rings. The van der Waals surface area contributed by atoms with Gasteiger partial charge in [-0.2, -0.15) is 0 Å². The zero-order valence-corrected chi connectivity index (χ0v) is 7.63. The van der Waals surface area contributed by atoms with Crippen LogP contribution in [-0.4, -0.2) is 9.79 Å². The molecule has 0 saturated carbocycles. The first-order valence-corrected chi connectivity index (χ1v) is 5.03. The Balaban J connectivity index is 2.73. The van der Waals surface area contributed by atoms with Crippen LogP contribution in [0.1, 0.15) is 0 Å². The Bertz CT molecular complexity index is 381. The van der Waals surface area contributed by atoms with Crippen molar-refractivity contribution in [3.63, 3.8) is 0 Å². The molecule has 1 aromatic rings. The smallest absolute Gasteiger partial charge is 0.311 e. The van der Waals surface area contributed by atoms with Crippen molar-refractivity contribution in [2.24, 2.45) is 0 Å². The molecule has 0 aromatic heterocycles. The van der Waals surface area contributed by atoms with Gasteiger partial charge in [0.25, 0.3) is 0 Å². The number of nitrogens with one attached hydrogen (secondary N) is 2. The second kappa shape index (κ2) is 4.02. The normalized spacial score (nSPS) is 11.4. The maximum absolute atomic E-state index is 12.8. The van der Waals surface area contributed by atoms with Crippen molar-refractivity contribution in [3.05, 3.63) is 29.8 Å². The molecule has 14 heavy (non-hydrogen) atoms. The van der Waals surface area contributed by atoms with Crippen LogP contribution in [0.5, 0.6) is 0 Å². The standard InChI is InChI=1S/C6H7F2N2O3P/c7-4-1-2-6(5(8)3-4)9-10-14(11,12)13/h1-3,9H,(H3,10,11,12,13). The van der Waals surface area contributed by atoms with Gasteiger partial charge in [-0.15, -0.1) is 5.20 Å². The predicted molar refractivity (Wildman–Crippen MR) is 45.2 cm³/mol. The van der Waals surface area contributed by atoms with Gasteiger partial charge in [-0.25, -0.2) is 13.3 Å². The van der Waals surface area contributed by atoms with Gasteiger partial charge in [-0.3, -0.25) is 0 Å². The molecule has 0 aliphatic carbocycles. The molecule has 0 heterocycles. The van der Waals surface area contributed by atoms with E-state index in [2.05, 4.69) is 0 Å². The predicted octanol–water partition coefficient (Wildman–Crippen LogP) is 0.974. The molecule has 5 nitrogen and oxygen atoms in total. The average Bonchev–Trinajstić information content (AvgIpc) is 2.00. The van der Waals surface area contributed by atoms with Gasteiger partial charge < -0.3 is 15.2 Å². The highest BCUT2D eigenvalue weighted by atomic mass is 31.2. The van der Waals surface area contributed by atoms with Crippen molar-refractivity contribution in [1.29, 1.82) is 0 Å². The molecule has 0 unspecified atom stereocenters. The summed E-state index contributed by atoms with van der Waals surface area (Å²) in [5, 5.41) is 1.55. The van der Waals surface area contributed by atoms with E-state index in [0.29, 0.717) is 6.07 Å². The van der Waals surface area contributed by atoms with Crippen LogP contribution in [0.2, 0.25) is 0 Å². The lowest BCUT2D eigenvalue weighted by atomic mass is 10.3. The maximum atomic E-state index is 12.8. The summed E-state index contributed by atoms with van der Waals surface area (Å²) in [4.78, 5) is 16.7. The van der Waals surface area contributed by atoms with E-state index in [1.54, 1.807) is 5.20 Å². The Kier molecular flexibility index (Phi) is 3.17. The molecule has 8 heteroatoms. The number of hydrogen-bond donors (Lipinski definition) is 4. The number of rotatable bonds is 3. The van der Waals surface area contributed by atoms with E-state index in [0.717, 1.165) is 12.1 Å². The molecule has 1 rings (SSSR count). The molecule has 0 amide bonds. The highest BCUT2D eigenvalue weighted by molar-refractivity contribution is 7.49. The summed E-state index contributed by atoms with van der Waals surface area (Å²) in [7, 11) is -4.48. The second-order valence-electron chi connectivity index (χ2n) is 2.41. The molecule has 0 aliphatic heterocycles. The van der Waals surface area contributed by atoms with E-state index in [1.807, 2.05) is 5.43 Å². The summed E-state index contributed by atoms with van der Waals surface area (Å²) in [6.45, 7) is 0. The third kappa shape index (κ3) is 3.39. The fraction of sp³-hybridized carbons (Fsp3) is 0. The van der Waals surface area contributed by atoms with E-state index < -0.39 is 19.4 Å². The molecule has 78 valence electrons. The largest absolute Gasteiger partial charge is 0.417 e. The van der Waals surface area contributed by atoms with Gasteiger partial charge in [-0.1, -0.05) is 0 Å². The van der Waals surface area contributed by atoms with Crippen LogP contribution in [-0.2, 0) is 4.57 Å². The van der Waals surface area contributed by atoms with E-state index in [1.165, 1.54) is 0 Å². The van der Waals surface area contributed by atoms with Crippen molar-refractivity contribution in [3.8, 4) is 0 Å². The third-order valence-electron chi connectivity index (χ3n) is 1.27. The van der Waals surface area contributed by atoms with E-state index in [-0.39, 0.29) is 5.69 Å². The zero-order valence-electron chi connectivity index (χ0n) is 6.74. The minimum atomic E-state index is -4.48. The molecule has 0 radical (unpaired) electrons. The third-order valence-corrected chi connectivity index (χ3v) is 1.67. The fourth-order valence-electron chi connectivity index (χ4n) is 0.724. The van der Waals surface area contributed by atoms with Crippen molar-refractivity contribution in [1.82, 2.24) is 5.20 Å². The zero-order chi connectivity index (χ0) is 10.8. The summed E-state index contributed by atoms with van der Waals surface area (Å²) in [6, 6.07) is 2.55. The minimum absolute atomic E-state index is 0.255. The highest BCUT2D eigenvalue weighted by Gasteiger charge is 2.12. The Hall–Kier alpha value is -1.01. The van der Waals surface area contributed by atoms with Crippen molar-refractivity contribution in [2.45, 2.75) is 0 Å². The van der Waals surface area contributed by atoms with Gasteiger partial charge in [0.2, 0.25) is 0 Å². The van der Waals surface area contributed by atoms with Crippen LogP contribution in [0, 0.1) is 11.6 Å². The van der Waals surface area contributed by atoms with Gasteiger partial charge >= 0.3 is 7.75 Å². The molecule has 0 aliphatic rings. The summed E-state index contributed by atoms with van der Waals surface area (Å²) in [5.41, 5.74) is 1.67. The van der Waals surface area contributed by atoms with Crippen molar-refractivity contribution in [2.75, 3.05) is 5.43 Å². The number of anilines is 1. The van der Waals surface area contributed by atoms with Crippen LogP contribution in [0.4, 0.5) is 14.5 Å². The first-order chi connectivity index (χ1) is 6.38. The van der Waals surface area contributed by atoms with Gasteiger partial charge in [0.1, 0.15) is 5.82 Å². The van der Waals surface area contributed by atoms with Crippen LogP contribution < -0.4 is 10.6 Å². The summed E-state index contributed by atoms with van der Waals surface area (Å²) in [6.07, 6.45) is 0. The minimum Gasteiger partial charge on any atom is -0.311 e. The van der Waals surface area contributed by atoms with E-state index in [9.17, 15) is 13.3 Å². The van der Waals surface area contributed by atoms with Crippen molar-refractivity contribution >= 4 is 13.4 Å². The molecule has 0 bridgehead atoms. The fourth-order valence-corrected chi connectivity index (χ4v) is 0.990. The van der Waals surface area contributed by atoms with Crippen LogP contribution in [0.3, 0.4) is 0 Å². The van der Waals surface area contributed by atoms with Crippen molar-refractivity contribution < 1.29 is 23.1 Å². The van der Waals surface area contributed by atoms with Crippen LogP contribution in [0.15, 0.2) is 18.2 Å². The summed E-state index contributed by atoms with van der Waals surface area (Å²) < 4.78 is 35.5.